The maximum absolute atomic E-state index is 12.8. The second kappa shape index (κ2) is 9.24. The van der Waals surface area contributed by atoms with Crippen LogP contribution in [0.4, 0.5) is 4.79 Å². The summed E-state index contributed by atoms with van der Waals surface area (Å²) in [5.74, 6) is 1.74. The summed E-state index contributed by atoms with van der Waals surface area (Å²) in [5.41, 5.74) is 2.13. The zero-order valence-corrected chi connectivity index (χ0v) is 17.7. The van der Waals surface area contributed by atoms with Gasteiger partial charge in [0.15, 0.2) is 11.5 Å². The van der Waals surface area contributed by atoms with Crippen LogP contribution in [0.2, 0.25) is 0 Å². The molecule has 28 heavy (non-hydrogen) atoms. The molecule has 2 aromatic rings. The minimum Gasteiger partial charge on any atom is -0.486 e. The Balaban J connectivity index is 1.68. The first-order chi connectivity index (χ1) is 13.5. The van der Waals surface area contributed by atoms with Crippen LogP contribution in [-0.4, -0.2) is 37.4 Å². The number of ether oxygens (including phenoxy) is 2. The molecule has 0 spiro atoms. The molecule has 2 amide bonds. The predicted molar refractivity (Wildman–Crippen MR) is 113 cm³/mol. The van der Waals surface area contributed by atoms with Crippen molar-refractivity contribution in [3.8, 4) is 11.5 Å². The molecule has 1 aliphatic rings. The van der Waals surface area contributed by atoms with E-state index in [1.807, 2.05) is 25.2 Å². The van der Waals surface area contributed by atoms with E-state index in [4.69, 9.17) is 9.47 Å². The number of hydrogen-bond acceptors (Lipinski definition) is 4. The monoisotopic (exact) mass is 400 g/mol. The summed E-state index contributed by atoms with van der Waals surface area (Å²) in [6.45, 7) is 5.88. The third-order valence-corrected chi connectivity index (χ3v) is 5.54. The van der Waals surface area contributed by atoms with Crippen molar-refractivity contribution in [2.45, 2.75) is 31.3 Å². The van der Waals surface area contributed by atoms with Crippen molar-refractivity contribution in [2.24, 2.45) is 5.92 Å². The average molecular weight is 401 g/mol. The Labute approximate surface area is 171 Å². The lowest BCUT2D eigenvalue weighted by molar-refractivity contribution is 0.171. The van der Waals surface area contributed by atoms with Crippen molar-refractivity contribution < 1.29 is 14.3 Å². The molecule has 1 aliphatic heterocycles. The molecule has 2 aromatic carbocycles. The fourth-order valence-electron chi connectivity index (χ4n) is 3.21. The molecule has 0 bridgehead atoms. The maximum atomic E-state index is 12.8. The van der Waals surface area contributed by atoms with Crippen molar-refractivity contribution in [1.82, 2.24) is 10.2 Å². The quantitative estimate of drug-likeness (QED) is 0.713. The highest BCUT2D eigenvalue weighted by Gasteiger charge is 2.23. The third-order valence-electron chi connectivity index (χ3n) is 4.80. The maximum Gasteiger partial charge on any atom is 0.317 e. The number of thioether (sulfide) groups is 1. The van der Waals surface area contributed by atoms with Crippen LogP contribution in [0, 0.1) is 5.92 Å². The number of nitrogens with one attached hydrogen (secondary N) is 1. The highest BCUT2D eigenvalue weighted by atomic mass is 32.2. The van der Waals surface area contributed by atoms with E-state index in [0.717, 1.165) is 22.6 Å². The van der Waals surface area contributed by atoms with Gasteiger partial charge in [-0.3, -0.25) is 0 Å². The second-order valence-electron chi connectivity index (χ2n) is 7.28. The molecule has 3 rings (SSSR count). The largest absolute Gasteiger partial charge is 0.486 e. The zero-order valence-electron chi connectivity index (χ0n) is 16.9. The molecule has 0 aromatic heterocycles. The molecule has 6 heteroatoms. The number of fused-ring (bicyclic) bond motifs is 1. The number of amides is 2. The van der Waals surface area contributed by atoms with E-state index in [-0.39, 0.29) is 18.0 Å². The lowest BCUT2D eigenvalue weighted by atomic mass is 9.95. The van der Waals surface area contributed by atoms with E-state index < -0.39 is 0 Å². The molecule has 150 valence electrons. The van der Waals surface area contributed by atoms with Gasteiger partial charge in [0.1, 0.15) is 13.2 Å². The standard InChI is InChI=1S/C22H28N2O3S/c1-15(2)21(17-7-10-19-20(13-17)27-12-11-26-19)23-22(25)24(3)14-16-5-8-18(28-4)9-6-16/h5-10,13,15,21H,11-12,14H2,1-4H3,(H,23,25)/t21-/m1/s1. The van der Waals surface area contributed by atoms with Crippen LogP contribution in [0.25, 0.3) is 0 Å². The van der Waals surface area contributed by atoms with Gasteiger partial charge in [0.2, 0.25) is 0 Å². The van der Waals surface area contributed by atoms with Gasteiger partial charge < -0.3 is 19.7 Å². The van der Waals surface area contributed by atoms with Crippen LogP contribution in [0.5, 0.6) is 11.5 Å². The number of carbonyl (C=O) groups excluding carboxylic acids is 1. The van der Waals surface area contributed by atoms with Crippen LogP contribution in [-0.2, 0) is 6.54 Å². The van der Waals surface area contributed by atoms with Crippen molar-refractivity contribution in [1.29, 1.82) is 0 Å². The van der Waals surface area contributed by atoms with Gasteiger partial charge in [0.05, 0.1) is 6.04 Å². The fraction of sp³-hybridized carbons (Fsp3) is 0.409. The van der Waals surface area contributed by atoms with Gasteiger partial charge in [-0.05, 0) is 47.6 Å². The Morgan fingerprint density at radius 1 is 1.11 bits per heavy atom. The molecule has 0 fully saturated rings. The minimum absolute atomic E-state index is 0.0949. The van der Waals surface area contributed by atoms with Crippen LogP contribution >= 0.6 is 11.8 Å². The topological polar surface area (TPSA) is 50.8 Å². The molecule has 0 saturated carbocycles. The van der Waals surface area contributed by atoms with Gasteiger partial charge in [-0.1, -0.05) is 32.0 Å². The molecular weight excluding hydrogens is 372 g/mol. The van der Waals surface area contributed by atoms with E-state index in [0.29, 0.717) is 19.8 Å². The SMILES string of the molecule is CSc1ccc(CN(C)C(=O)N[C@@H](c2ccc3c(c2)OCCO3)C(C)C)cc1. The van der Waals surface area contributed by atoms with E-state index in [1.165, 1.54) is 4.90 Å². The van der Waals surface area contributed by atoms with Gasteiger partial charge in [-0.25, -0.2) is 4.79 Å². The summed E-state index contributed by atoms with van der Waals surface area (Å²) in [6, 6.07) is 14.0. The predicted octanol–water partition coefficient (Wildman–Crippen LogP) is 4.72. The Hall–Kier alpha value is -2.34. The molecule has 1 atom stereocenters. The Morgan fingerprint density at radius 2 is 1.79 bits per heavy atom. The summed E-state index contributed by atoms with van der Waals surface area (Å²) >= 11 is 1.71. The van der Waals surface area contributed by atoms with Gasteiger partial charge in [0.25, 0.3) is 0 Å². The van der Waals surface area contributed by atoms with E-state index in [2.05, 4.69) is 49.7 Å². The zero-order chi connectivity index (χ0) is 20.1. The average Bonchev–Trinajstić information content (AvgIpc) is 2.71. The summed E-state index contributed by atoms with van der Waals surface area (Å²) in [4.78, 5) is 15.7. The van der Waals surface area contributed by atoms with Gasteiger partial charge in [0, 0.05) is 18.5 Å². The normalized spacial score (nSPS) is 13.9. The first kappa shape index (κ1) is 20.4. The summed E-state index contributed by atoms with van der Waals surface area (Å²) in [5, 5.41) is 3.17. The summed E-state index contributed by atoms with van der Waals surface area (Å²) in [6.07, 6.45) is 2.05. The first-order valence-electron chi connectivity index (χ1n) is 9.52. The van der Waals surface area contributed by atoms with Crippen molar-refractivity contribution >= 4 is 17.8 Å². The molecule has 5 nitrogen and oxygen atoms in total. The Morgan fingerprint density at radius 3 is 2.43 bits per heavy atom. The van der Waals surface area contributed by atoms with Crippen LogP contribution in [0.1, 0.15) is 31.0 Å². The second-order valence-corrected chi connectivity index (χ2v) is 8.16. The van der Waals surface area contributed by atoms with Crippen molar-refractivity contribution in [3.05, 3.63) is 53.6 Å². The van der Waals surface area contributed by atoms with E-state index in [1.54, 1.807) is 16.7 Å². The lowest BCUT2D eigenvalue weighted by Crippen LogP contribution is -2.40. The molecule has 0 radical (unpaired) electrons. The van der Waals surface area contributed by atoms with E-state index in [9.17, 15) is 4.79 Å². The minimum atomic E-state index is -0.107. The molecule has 0 unspecified atom stereocenters. The number of urea groups is 1. The highest BCUT2D eigenvalue weighted by Crippen LogP contribution is 2.34. The van der Waals surface area contributed by atoms with Crippen LogP contribution in [0.3, 0.4) is 0 Å². The summed E-state index contributed by atoms with van der Waals surface area (Å²) in [7, 11) is 1.82. The van der Waals surface area contributed by atoms with Crippen LogP contribution < -0.4 is 14.8 Å². The molecule has 0 saturated heterocycles. The number of rotatable bonds is 6. The molecule has 1 N–H and O–H groups in total. The molecule has 0 aliphatic carbocycles. The number of benzene rings is 2. The number of carbonyl (C=O) groups is 1. The van der Waals surface area contributed by atoms with Gasteiger partial charge in [-0.15, -0.1) is 11.8 Å². The van der Waals surface area contributed by atoms with Crippen molar-refractivity contribution in [3.63, 3.8) is 0 Å². The Kier molecular flexibility index (Phi) is 6.73. The highest BCUT2D eigenvalue weighted by molar-refractivity contribution is 7.98. The van der Waals surface area contributed by atoms with Crippen LogP contribution in [0.15, 0.2) is 47.4 Å². The number of hydrogen-bond donors (Lipinski definition) is 1. The van der Waals surface area contributed by atoms with Gasteiger partial charge >= 0.3 is 6.03 Å². The molecular formula is C22H28N2O3S. The van der Waals surface area contributed by atoms with Gasteiger partial charge in [-0.2, -0.15) is 0 Å². The molecule has 1 heterocycles. The summed E-state index contributed by atoms with van der Waals surface area (Å²) < 4.78 is 11.3. The van der Waals surface area contributed by atoms with E-state index >= 15 is 0 Å². The number of nitrogens with zero attached hydrogens (tertiary/aromatic N) is 1. The third kappa shape index (κ3) is 4.93. The first-order valence-corrected chi connectivity index (χ1v) is 10.7. The Bertz CT molecular complexity index is 808. The van der Waals surface area contributed by atoms with Crippen molar-refractivity contribution in [2.75, 3.05) is 26.5 Å². The fourth-order valence-corrected chi connectivity index (χ4v) is 3.62. The lowest BCUT2D eigenvalue weighted by Gasteiger charge is -2.28. The smallest absolute Gasteiger partial charge is 0.317 e.